The van der Waals surface area contributed by atoms with E-state index in [0.717, 1.165) is 58.2 Å². The Hall–Kier alpha value is -1.14. The van der Waals surface area contributed by atoms with Crippen molar-refractivity contribution in [2.75, 3.05) is 59.1 Å². The van der Waals surface area contributed by atoms with Gasteiger partial charge in [-0.2, -0.15) is 0 Å². The third-order valence-electron chi connectivity index (χ3n) is 6.74. The van der Waals surface area contributed by atoms with E-state index < -0.39 is 0 Å². The predicted octanol–water partition coefficient (Wildman–Crippen LogP) is 3.24. The summed E-state index contributed by atoms with van der Waals surface area (Å²) in [5.41, 5.74) is 1.36. The molecule has 3 fully saturated rings. The van der Waals surface area contributed by atoms with E-state index in [1.807, 2.05) is 0 Å². The molecule has 1 aromatic carbocycles. The molecular weight excluding hydrogens is 362 g/mol. The number of likely N-dealkylation sites (tertiary alicyclic amines) is 1. The Morgan fingerprint density at radius 3 is 2.79 bits per heavy atom. The highest BCUT2D eigenvalue weighted by atomic mass is 16.5. The van der Waals surface area contributed by atoms with E-state index in [2.05, 4.69) is 45.9 Å². The lowest BCUT2D eigenvalue weighted by atomic mass is 10.1. The van der Waals surface area contributed by atoms with Gasteiger partial charge in [-0.15, -0.1) is 0 Å². The van der Waals surface area contributed by atoms with Crippen LogP contribution in [0.25, 0.3) is 0 Å². The average molecular weight is 402 g/mol. The topological polar surface area (TPSA) is 28.2 Å². The van der Waals surface area contributed by atoms with Crippen LogP contribution in [0.2, 0.25) is 0 Å². The zero-order valence-corrected chi connectivity index (χ0v) is 18.2. The highest BCUT2D eigenvalue weighted by molar-refractivity contribution is 5.28. The molecule has 0 bridgehead atoms. The summed E-state index contributed by atoms with van der Waals surface area (Å²) >= 11 is 0. The summed E-state index contributed by atoms with van der Waals surface area (Å²) in [6, 6.07) is 9.81. The molecule has 0 aromatic heterocycles. The molecule has 3 aliphatic heterocycles. The van der Waals surface area contributed by atoms with Gasteiger partial charge in [0.05, 0.1) is 19.8 Å². The van der Waals surface area contributed by atoms with E-state index in [4.69, 9.17) is 9.47 Å². The second-order valence-electron chi connectivity index (χ2n) is 9.12. The van der Waals surface area contributed by atoms with Gasteiger partial charge in [0, 0.05) is 38.3 Å². The third-order valence-corrected chi connectivity index (χ3v) is 6.74. The number of fused-ring (bicyclic) bond motifs is 1. The maximum absolute atomic E-state index is 6.06. The first-order valence-electron chi connectivity index (χ1n) is 11.8. The minimum atomic E-state index is 0.548. The first-order valence-corrected chi connectivity index (χ1v) is 11.8. The first kappa shape index (κ1) is 21.1. The lowest BCUT2D eigenvalue weighted by Crippen LogP contribution is -2.60. The SMILES string of the molecule is C[C@H]1COC[C@H]2CN(Cc3cccc(OCCCCN4CCCCC4)c3)CCN21. The van der Waals surface area contributed by atoms with Crippen LogP contribution in [0.15, 0.2) is 24.3 Å². The van der Waals surface area contributed by atoms with Crippen molar-refractivity contribution in [3.05, 3.63) is 29.8 Å². The number of unbranched alkanes of at least 4 members (excludes halogenated alkanes) is 1. The van der Waals surface area contributed by atoms with Crippen LogP contribution < -0.4 is 4.74 Å². The van der Waals surface area contributed by atoms with Crippen LogP contribution in [-0.4, -0.2) is 85.9 Å². The van der Waals surface area contributed by atoms with E-state index in [1.54, 1.807) is 0 Å². The summed E-state index contributed by atoms with van der Waals surface area (Å²) in [6.07, 6.45) is 6.56. The van der Waals surface area contributed by atoms with E-state index >= 15 is 0 Å². The van der Waals surface area contributed by atoms with E-state index in [1.165, 1.54) is 50.9 Å². The standard InChI is InChI=1S/C24H39N3O2/c1-21-19-28-20-23-18-26(13-14-27(21)23)17-22-8-7-9-24(16-22)29-15-6-5-12-25-10-3-2-4-11-25/h7-9,16,21,23H,2-6,10-15,17-20H2,1H3/t21-,23+/m0/s1. The lowest BCUT2D eigenvalue weighted by Gasteiger charge is -2.47. The molecule has 29 heavy (non-hydrogen) atoms. The number of nitrogens with zero attached hydrogens (tertiary/aromatic N) is 3. The average Bonchev–Trinajstić information content (AvgIpc) is 2.75. The Morgan fingerprint density at radius 2 is 1.90 bits per heavy atom. The highest BCUT2D eigenvalue weighted by Crippen LogP contribution is 2.21. The number of hydrogen-bond acceptors (Lipinski definition) is 5. The number of rotatable bonds is 8. The number of benzene rings is 1. The molecule has 5 heteroatoms. The molecule has 0 spiro atoms. The largest absolute Gasteiger partial charge is 0.494 e. The number of piperazine rings is 1. The molecule has 0 radical (unpaired) electrons. The molecular formula is C24H39N3O2. The highest BCUT2D eigenvalue weighted by Gasteiger charge is 2.33. The first-order chi connectivity index (χ1) is 14.3. The number of hydrogen-bond donors (Lipinski definition) is 0. The Balaban J connectivity index is 1.18. The van der Waals surface area contributed by atoms with Gasteiger partial charge < -0.3 is 14.4 Å². The van der Waals surface area contributed by atoms with Crippen LogP contribution in [0.1, 0.15) is 44.6 Å². The van der Waals surface area contributed by atoms with Crippen molar-refractivity contribution in [3.63, 3.8) is 0 Å². The number of morpholine rings is 1. The quantitative estimate of drug-likeness (QED) is 0.624. The summed E-state index contributed by atoms with van der Waals surface area (Å²) in [4.78, 5) is 7.81. The number of ether oxygens (including phenoxy) is 2. The van der Waals surface area contributed by atoms with Gasteiger partial charge in [0.15, 0.2) is 0 Å². The van der Waals surface area contributed by atoms with Crippen LogP contribution in [-0.2, 0) is 11.3 Å². The fourth-order valence-electron chi connectivity index (χ4n) is 5.08. The Labute approximate surface area is 176 Å². The van der Waals surface area contributed by atoms with Crippen LogP contribution in [0.3, 0.4) is 0 Å². The normalized spacial score (nSPS) is 26.9. The van der Waals surface area contributed by atoms with E-state index in [9.17, 15) is 0 Å². The van der Waals surface area contributed by atoms with Gasteiger partial charge in [-0.05, 0) is 69.9 Å². The summed E-state index contributed by atoms with van der Waals surface area (Å²) in [5.74, 6) is 1.02. The van der Waals surface area contributed by atoms with Gasteiger partial charge >= 0.3 is 0 Å². The minimum absolute atomic E-state index is 0.548. The summed E-state index contributed by atoms with van der Waals surface area (Å²) in [7, 11) is 0. The van der Waals surface area contributed by atoms with Crippen molar-refractivity contribution in [2.24, 2.45) is 0 Å². The van der Waals surface area contributed by atoms with Crippen LogP contribution in [0.5, 0.6) is 5.75 Å². The van der Waals surface area contributed by atoms with Crippen molar-refractivity contribution in [3.8, 4) is 5.75 Å². The molecule has 162 valence electrons. The number of piperidine rings is 1. The van der Waals surface area contributed by atoms with Crippen molar-refractivity contribution >= 4 is 0 Å². The third kappa shape index (κ3) is 6.17. The fraction of sp³-hybridized carbons (Fsp3) is 0.750. The van der Waals surface area contributed by atoms with Crippen molar-refractivity contribution < 1.29 is 9.47 Å². The molecule has 3 saturated heterocycles. The zero-order chi connectivity index (χ0) is 19.9. The van der Waals surface area contributed by atoms with Gasteiger partial charge in [-0.3, -0.25) is 9.80 Å². The second kappa shape index (κ2) is 10.8. The lowest BCUT2D eigenvalue weighted by molar-refractivity contribution is -0.0765. The Morgan fingerprint density at radius 1 is 1.00 bits per heavy atom. The second-order valence-corrected chi connectivity index (χ2v) is 9.12. The Bertz CT molecular complexity index is 620. The van der Waals surface area contributed by atoms with Gasteiger partial charge in [0.25, 0.3) is 0 Å². The molecule has 1 aromatic rings. The van der Waals surface area contributed by atoms with Gasteiger partial charge in [-0.1, -0.05) is 18.6 Å². The molecule has 0 saturated carbocycles. The minimum Gasteiger partial charge on any atom is -0.494 e. The van der Waals surface area contributed by atoms with Crippen molar-refractivity contribution in [2.45, 2.75) is 57.7 Å². The van der Waals surface area contributed by atoms with Gasteiger partial charge in [-0.25, -0.2) is 0 Å². The van der Waals surface area contributed by atoms with Crippen LogP contribution >= 0.6 is 0 Å². The molecule has 2 atom stereocenters. The summed E-state index contributed by atoms with van der Waals surface area (Å²) in [5, 5.41) is 0. The van der Waals surface area contributed by atoms with Crippen LogP contribution in [0, 0.1) is 0 Å². The molecule has 0 N–H and O–H groups in total. The van der Waals surface area contributed by atoms with Crippen molar-refractivity contribution in [1.29, 1.82) is 0 Å². The monoisotopic (exact) mass is 401 g/mol. The van der Waals surface area contributed by atoms with E-state index in [0.29, 0.717) is 12.1 Å². The maximum atomic E-state index is 6.06. The molecule has 0 aliphatic carbocycles. The molecule has 3 aliphatic rings. The fourth-order valence-corrected chi connectivity index (χ4v) is 5.08. The summed E-state index contributed by atoms with van der Waals surface area (Å²) in [6.45, 7) is 13.1. The molecule has 5 nitrogen and oxygen atoms in total. The van der Waals surface area contributed by atoms with Crippen LogP contribution in [0.4, 0.5) is 0 Å². The smallest absolute Gasteiger partial charge is 0.119 e. The zero-order valence-electron chi connectivity index (χ0n) is 18.2. The molecule has 4 rings (SSSR count). The molecule has 0 unspecified atom stereocenters. The summed E-state index contributed by atoms with van der Waals surface area (Å²) < 4.78 is 11.8. The Kier molecular flexibility index (Phi) is 7.83. The van der Waals surface area contributed by atoms with E-state index in [-0.39, 0.29) is 0 Å². The molecule has 3 heterocycles. The maximum Gasteiger partial charge on any atom is 0.119 e. The van der Waals surface area contributed by atoms with Crippen molar-refractivity contribution in [1.82, 2.24) is 14.7 Å². The van der Waals surface area contributed by atoms with Gasteiger partial charge in [0.1, 0.15) is 5.75 Å². The predicted molar refractivity (Wildman–Crippen MR) is 118 cm³/mol. The van der Waals surface area contributed by atoms with Gasteiger partial charge in [0.2, 0.25) is 0 Å². The molecule has 0 amide bonds.